The number of hydrogen-bond acceptors (Lipinski definition) is 11. The molecule has 2 saturated heterocycles. The lowest BCUT2D eigenvalue weighted by atomic mass is 9.90. The molecule has 0 spiro atoms. The van der Waals surface area contributed by atoms with E-state index >= 15 is 0 Å². The van der Waals surface area contributed by atoms with Crippen LogP contribution in [-0.4, -0.2) is 92.4 Å². The number of nitrogens with zero attached hydrogens (tertiary/aromatic N) is 8. The fraction of sp³-hybridized carbons (Fsp3) is 0.429. The first-order valence-electron chi connectivity index (χ1n) is 19.5. The predicted molar refractivity (Wildman–Crippen MR) is 217 cm³/mol. The van der Waals surface area contributed by atoms with E-state index in [9.17, 15) is 24.8 Å². The van der Waals surface area contributed by atoms with Crippen molar-refractivity contribution in [3.63, 3.8) is 0 Å². The lowest BCUT2D eigenvalue weighted by molar-refractivity contribution is -0.111. The van der Waals surface area contributed by atoms with Gasteiger partial charge in [-0.15, -0.1) is 0 Å². The minimum atomic E-state index is -0.444. The Balaban J connectivity index is 1.13. The number of benzene rings is 1. The van der Waals surface area contributed by atoms with Gasteiger partial charge in [0, 0.05) is 80.7 Å². The van der Waals surface area contributed by atoms with Gasteiger partial charge >= 0.3 is 0 Å². The molecule has 0 unspecified atom stereocenters. The predicted octanol–water partition coefficient (Wildman–Crippen LogP) is 3.96. The number of pyridine rings is 1. The van der Waals surface area contributed by atoms with Gasteiger partial charge in [0.05, 0.1) is 48.5 Å². The maximum Gasteiger partial charge on any atom is 0.293 e. The molecule has 6 heterocycles. The van der Waals surface area contributed by atoms with Crippen LogP contribution in [0.4, 0.5) is 28.7 Å². The standard InChI is InChI=1S/C42H48N10O5/c1-6-36(54)46-32-16-28(14-27(19-43)37(32)50-13-12-49(20-25(50)2)29-23-57-24-29)45-38-41(56)48(5)21-33(47-38)30-8-9-44-39(31(30)22-53)52-11-7-10-51-34(40(52)55)15-26-17-42(3,4)18-35(26)51/h6,8-9,14-16,21,25,29,53H,1,7,10-13,17-18,20,22-24H2,2-5H3,(H,45,47)(H,46,54)/t25-/m0/s1. The first-order chi connectivity index (χ1) is 27.4. The first kappa shape index (κ1) is 38.1. The smallest absolute Gasteiger partial charge is 0.293 e. The molecule has 15 nitrogen and oxygen atoms in total. The lowest BCUT2D eigenvalue weighted by Crippen LogP contribution is -2.59. The summed E-state index contributed by atoms with van der Waals surface area (Å²) in [6, 6.07) is 9.78. The first-order valence-corrected chi connectivity index (χ1v) is 19.5. The third-order valence-electron chi connectivity index (χ3n) is 11.7. The highest BCUT2D eigenvalue weighted by Crippen LogP contribution is 2.41. The third kappa shape index (κ3) is 6.98. The number of hydrogen-bond donors (Lipinski definition) is 3. The van der Waals surface area contributed by atoms with Gasteiger partial charge in [0.2, 0.25) is 5.91 Å². The van der Waals surface area contributed by atoms with Gasteiger partial charge < -0.3 is 34.5 Å². The molecular formula is C42H48N10O5. The number of ether oxygens (including phenoxy) is 1. The summed E-state index contributed by atoms with van der Waals surface area (Å²) in [5, 5.41) is 27.3. The van der Waals surface area contributed by atoms with Gasteiger partial charge in [-0.25, -0.2) is 9.97 Å². The van der Waals surface area contributed by atoms with E-state index in [1.165, 1.54) is 21.9 Å². The van der Waals surface area contributed by atoms with Gasteiger partial charge in [0.25, 0.3) is 11.5 Å². The highest BCUT2D eigenvalue weighted by Gasteiger charge is 2.37. The molecule has 2 amide bonds. The summed E-state index contributed by atoms with van der Waals surface area (Å²) in [5.74, 6) is -0.315. The summed E-state index contributed by atoms with van der Waals surface area (Å²) < 4.78 is 8.95. The van der Waals surface area contributed by atoms with Gasteiger partial charge in [-0.2, -0.15) is 5.26 Å². The van der Waals surface area contributed by atoms with Crippen molar-refractivity contribution in [1.29, 1.82) is 5.26 Å². The van der Waals surface area contributed by atoms with Crippen LogP contribution >= 0.6 is 0 Å². The molecule has 15 heteroatoms. The summed E-state index contributed by atoms with van der Waals surface area (Å²) in [7, 11) is 1.60. The number of aliphatic hydroxyl groups excluding tert-OH is 1. The number of amides is 2. The molecule has 296 valence electrons. The number of anilines is 5. The van der Waals surface area contributed by atoms with Crippen molar-refractivity contribution in [2.24, 2.45) is 12.5 Å². The topological polar surface area (TPSA) is 174 Å². The van der Waals surface area contributed by atoms with E-state index in [1.807, 2.05) is 6.07 Å². The number of nitriles is 1. The normalized spacial score (nSPS) is 19.3. The minimum absolute atomic E-state index is 0.0320. The van der Waals surface area contributed by atoms with E-state index in [0.29, 0.717) is 96.3 Å². The number of fused-ring (bicyclic) bond motifs is 3. The number of carbonyl (C=O) groups is 2. The second-order valence-electron chi connectivity index (χ2n) is 16.3. The summed E-state index contributed by atoms with van der Waals surface area (Å²) in [4.78, 5) is 56.0. The van der Waals surface area contributed by atoms with E-state index in [4.69, 9.17) is 9.72 Å². The zero-order valence-corrected chi connectivity index (χ0v) is 32.8. The molecule has 3 N–H and O–H groups in total. The van der Waals surface area contributed by atoms with Crippen molar-refractivity contribution in [1.82, 2.24) is 24.0 Å². The molecule has 57 heavy (non-hydrogen) atoms. The maximum atomic E-state index is 14.2. The van der Waals surface area contributed by atoms with Crippen molar-refractivity contribution >= 4 is 40.5 Å². The molecule has 8 rings (SSSR count). The quantitative estimate of drug-likeness (QED) is 0.210. The second kappa shape index (κ2) is 14.9. The molecule has 3 aliphatic heterocycles. The fourth-order valence-corrected chi connectivity index (χ4v) is 8.83. The van der Waals surface area contributed by atoms with Crippen LogP contribution in [0.1, 0.15) is 60.1 Å². The summed E-state index contributed by atoms with van der Waals surface area (Å²) in [6.45, 7) is 14.5. The summed E-state index contributed by atoms with van der Waals surface area (Å²) >= 11 is 0. The van der Waals surface area contributed by atoms with Crippen molar-refractivity contribution in [2.45, 2.75) is 65.3 Å². The van der Waals surface area contributed by atoms with Gasteiger partial charge in [0.1, 0.15) is 17.6 Å². The van der Waals surface area contributed by atoms with E-state index in [2.05, 4.69) is 63.4 Å². The van der Waals surface area contributed by atoms with E-state index in [0.717, 1.165) is 25.9 Å². The van der Waals surface area contributed by atoms with Gasteiger partial charge in [0.15, 0.2) is 5.82 Å². The van der Waals surface area contributed by atoms with Crippen LogP contribution in [0.2, 0.25) is 0 Å². The fourth-order valence-electron chi connectivity index (χ4n) is 8.83. The van der Waals surface area contributed by atoms with Gasteiger partial charge in [-0.3, -0.25) is 24.2 Å². The largest absolute Gasteiger partial charge is 0.392 e. The van der Waals surface area contributed by atoms with Crippen molar-refractivity contribution < 1.29 is 19.4 Å². The molecule has 2 fully saturated rings. The Hall–Kier alpha value is -5.82. The Kier molecular flexibility index (Phi) is 9.97. The highest BCUT2D eigenvalue weighted by molar-refractivity contribution is 6.06. The Morgan fingerprint density at radius 1 is 1.16 bits per heavy atom. The molecule has 1 atom stereocenters. The Bertz CT molecular complexity index is 2390. The van der Waals surface area contributed by atoms with Crippen LogP contribution in [0, 0.1) is 16.7 Å². The number of piperazine rings is 1. The lowest BCUT2D eigenvalue weighted by Gasteiger charge is -2.47. The Morgan fingerprint density at radius 3 is 2.67 bits per heavy atom. The second-order valence-corrected chi connectivity index (χ2v) is 16.3. The van der Waals surface area contributed by atoms with E-state index in [1.54, 1.807) is 42.5 Å². The monoisotopic (exact) mass is 772 g/mol. The molecule has 4 aromatic rings. The number of aliphatic hydroxyl groups is 1. The average molecular weight is 773 g/mol. The molecular weight excluding hydrogens is 725 g/mol. The van der Waals surface area contributed by atoms with E-state index < -0.39 is 18.1 Å². The SMILES string of the molecule is C=CC(=O)Nc1cc(Nc2nc(-c3ccnc(N4CCCn5c(cc6c5CC(C)(C)C6)C4=O)c3CO)cn(C)c2=O)cc(C#N)c1N1CCN(C2COC2)C[C@@H]1C. The molecule has 4 aliphatic rings. The van der Waals surface area contributed by atoms with Crippen LogP contribution in [0.25, 0.3) is 11.3 Å². The summed E-state index contributed by atoms with van der Waals surface area (Å²) in [5.41, 5.74) is 5.70. The van der Waals surface area contributed by atoms with Crippen molar-refractivity contribution in [3.8, 4) is 17.3 Å². The van der Waals surface area contributed by atoms with Gasteiger partial charge in [-0.05, 0) is 67.5 Å². The molecule has 0 bridgehead atoms. The number of rotatable bonds is 9. The Labute approximate surface area is 331 Å². The maximum absolute atomic E-state index is 14.2. The Morgan fingerprint density at radius 2 is 1.96 bits per heavy atom. The molecule has 1 aromatic carbocycles. The minimum Gasteiger partial charge on any atom is -0.392 e. The molecule has 0 radical (unpaired) electrons. The van der Waals surface area contributed by atoms with Gasteiger partial charge in [-0.1, -0.05) is 20.4 Å². The van der Waals surface area contributed by atoms with Crippen LogP contribution in [0.3, 0.4) is 0 Å². The summed E-state index contributed by atoms with van der Waals surface area (Å²) in [6.07, 6.45) is 6.87. The molecule has 0 saturated carbocycles. The molecule has 1 aliphatic carbocycles. The van der Waals surface area contributed by atoms with Crippen LogP contribution in [0.15, 0.2) is 54.1 Å². The average Bonchev–Trinajstić information content (AvgIpc) is 3.59. The van der Waals surface area contributed by atoms with Crippen LogP contribution in [0.5, 0.6) is 0 Å². The number of nitrogens with one attached hydrogen (secondary N) is 2. The highest BCUT2D eigenvalue weighted by atomic mass is 16.5. The van der Waals surface area contributed by atoms with E-state index in [-0.39, 0.29) is 23.2 Å². The van der Waals surface area contributed by atoms with Crippen LogP contribution in [-0.2, 0) is 42.6 Å². The van der Waals surface area contributed by atoms with Crippen molar-refractivity contribution in [2.75, 3.05) is 59.8 Å². The zero-order valence-electron chi connectivity index (χ0n) is 32.8. The zero-order chi connectivity index (χ0) is 40.2. The van der Waals surface area contributed by atoms with Crippen LogP contribution < -0.4 is 26.0 Å². The third-order valence-corrected chi connectivity index (χ3v) is 11.7. The number of aryl methyl sites for hydroxylation is 1. The number of aromatic nitrogens is 4. The number of carbonyl (C=O) groups excluding carboxylic acids is 2. The van der Waals surface area contributed by atoms with Crippen molar-refractivity contribution in [3.05, 3.63) is 87.7 Å². The molecule has 3 aromatic heterocycles.